The van der Waals surface area contributed by atoms with Crippen molar-refractivity contribution in [1.29, 1.82) is 0 Å². The molecule has 3 rings (SSSR count). The van der Waals surface area contributed by atoms with Crippen molar-refractivity contribution < 1.29 is 4.79 Å². The van der Waals surface area contributed by atoms with E-state index in [9.17, 15) is 4.79 Å². The Morgan fingerprint density at radius 2 is 1.86 bits per heavy atom. The fourth-order valence-electron chi connectivity index (χ4n) is 4.22. The number of carbonyl (C=O) groups is 1. The van der Waals surface area contributed by atoms with E-state index in [1.54, 1.807) is 0 Å². The van der Waals surface area contributed by atoms with Crippen LogP contribution in [0.25, 0.3) is 0 Å². The Kier molecular flexibility index (Phi) is 4.56. The van der Waals surface area contributed by atoms with Gasteiger partial charge in [-0.15, -0.1) is 0 Å². The quantitative estimate of drug-likeness (QED) is 0.879. The summed E-state index contributed by atoms with van der Waals surface area (Å²) >= 11 is 0. The zero-order chi connectivity index (χ0) is 15.7. The highest BCUT2D eigenvalue weighted by Crippen LogP contribution is 2.42. The van der Waals surface area contributed by atoms with E-state index >= 15 is 0 Å². The van der Waals surface area contributed by atoms with E-state index in [1.165, 1.54) is 18.4 Å². The van der Waals surface area contributed by atoms with Gasteiger partial charge in [0.25, 0.3) is 0 Å². The van der Waals surface area contributed by atoms with E-state index in [1.807, 2.05) is 0 Å². The lowest BCUT2D eigenvalue weighted by Gasteiger charge is -2.36. The lowest BCUT2D eigenvalue weighted by Crippen LogP contribution is -2.41. The summed E-state index contributed by atoms with van der Waals surface area (Å²) in [4.78, 5) is 12.8. The molecule has 2 heteroatoms. The smallest absolute Gasteiger partial charge is 0.223 e. The summed E-state index contributed by atoms with van der Waals surface area (Å²) in [6, 6.07) is 10.9. The van der Waals surface area contributed by atoms with Crippen molar-refractivity contribution in [2.45, 2.75) is 58.4 Å². The molecule has 2 nitrogen and oxygen atoms in total. The molecular formula is C20H29NO. The van der Waals surface area contributed by atoms with Gasteiger partial charge >= 0.3 is 0 Å². The third-order valence-electron chi connectivity index (χ3n) is 5.70. The Morgan fingerprint density at radius 3 is 2.55 bits per heavy atom. The second kappa shape index (κ2) is 6.44. The first-order valence-electron chi connectivity index (χ1n) is 8.91. The van der Waals surface area contributed by atoms with Crippen LogP contribution in [0.5, 0.6) is 0 Å². The molecule has 0 bridgehead atoms. The topological polar surface area (TPSA) is 29.1 Å². The number of carbonyl (C=O) groups excluding carboxylic acids is 1. The van der Waals surface area contributed by atoms with Gasteiger partial charge in [0, 0.05) is 17.9 Å². The molecule has 0 saturated heterocycles. The first-order chi connectivity index (χ1) is 10.6. The first kappa shape index (κ1) is 15.6. The molecule has 0 aliphatic heterocycles. The lowest BCUT2D eigenvalue weighted by atomic mass is 9.70. The Labute approximate surface area is 134 Å². The minimum Gasteiger partial charge on any atom is -0.352 e. The van der Waals surface area contributed by atoms with E-state index in [2.05, 4.69) is 56.4 Å². The summed E-state index contributed by atoms with van der Waals surface area (Å²) in [5, 5.41) is 3.34. The van der Waals surface area contributed by atoms with Gasteiger partial charge < -0.3 is 5.32 Å². The van der Waals surface area contributed by atoms with Crippen LogP contribution in [0.4, 0.5) is 0 Å². The van der Waals surface area contributed by atoms with Crippen LogP contribution in [0.2, 0.25) is 0 Å². The third-order valence-corrected chi connectivity index (χ3v) is 5.70. The van der Waals surface area contributed by atoms with Gasteiger partial charge in [0.2, 0.25) is 5.91 Å². The third kappa shape index (κ3) is 3.37. The first-order valence-corrected chi connectivity index (χ1v) is 8.91. The van der Waals surface area contributed by atoms with Gasteiger partial charge in [-0.3, -0.25) is 4.79 Å². The minimum atomic E-state index is 0.223. The SMILES string of the molecule is CC1CCC(C(C)C)C(C(=O)N[C@H]2C[C@H]2c2ccccc2)C1. The lowest BCUT2D eigenvalue weighted by molar-refractivity contribution is -0.129. The van der Waals surface area contributed by atoms with Gasteiger partial charge in [-0.2, -0.15) is 0 Å². The maximum atomic E-state index is 12.8. The van der Waals surface area contributed by atoms with Crippen LogP contribution in [-0.4, -0.2) is 11.9 Å². The molecule has 2 aliphatic rings. The zero-order valence-electron chi connectivity index (χ0n) is 14.1. The average Bonchev–Trinajstić information content (AvgIpc) is 3.27. The summed E-state index contributed by atoms with van der Waals surface area (Å²) in [5.74, 6) is 2.92. The number of amides is 1. The van der Waals surface area contributed by atoms with Crippen molar-refractivity contribution in [1.82, 2.24) is 5.32 Å². The molecule has 2 saturated carbocycles. The van der Waals surface area contributed by atoms with Crippen LogP contribution in [0.3, 0.4) is 0 Å². The molecule has 0 heterocycles. The molecule has 22 heavy (non-hydrogen) atoms. The van der Waals surface area contributed by atoms with Crippen molar-refractivity contribution in [3.8, 4) is 0 Å². The highest BCUT2D eigenvalue weighted by molar-refractivity contribution is 5.80. The molecular weight excluding hydrogens is 270 g/mol. The van der Waals surface area contributed by atoms with Crippen LogP contribution in [-0.2, 0) is 4.79 Å². The number of nitrogens with one attached hydrogen (secondary N) is 1. The number of hydrogen-bond acceptors (Lipinski definition) is 1. The van der Waals surface area contributed by atoms with Crippen LogP contribution in [0.15, 0.2) is 30.3 Å². The Hall–Kier alpha value is -1.31. The van der Waals surface area contributed by atoms with E-state index in [-0.39, 0.29) is 5.92 Å². The van der Waals surface area contributed by atoms with Crippen molar-refractivity contribution in [2.75, 3.05) is 0 Å². The van der Waals surface area contributed by atoms with Gasteiger partial charge in [0.1, 0.15) is 0 Å². The molecule has 2 fully saturated rings. The van der Waals surface area contributed by atoms with Crippen LogP contribution < -0.4 is 5.32 Å². The molecule has 1 aromatic rings. The van der Waals surface area contributed by atoms with Crippen molar-refractivity contribution in [2.24, 2.45) is 23.7 Å². The van der Waals surface area contributed by atoms with Crippen molar-refractivity contribution in [3.63, 3.8) is 0 Å². The molecule has 5 atom stereocenters. The van der Waals surface area contributed by atoms with E-state index < -0.39 is 0 Å². The molecule has 3 unspecified atom stereocenters. The van der Waals surface area contributed by atoms with Crippen molar-refractivity contribution in [3.05, 3.63) is 35.9 Å². The summed E-state index contributed by atoms with van der Waals surface area (Å²) in [5.41, 5.74) is 1.37. The normalized spacial score (nSPS) is 34.5. The molecule has 0 radical (unpaired) electrons. The zero-order valence-corrected chi connectivity index (χ0v) is 14.1. The number of hydrogen-bond donors (Lipinski definition) is 1. The van der Waals surface area contributed by atoms with Gasteiger partial charge in [0.05, 0.1) is 0 Å². The largest absolute Gasteiger partial charge is 0.352 e. The highest BCUT2D eigenvalue weighted by atomic mass is 16.2. The minimum absolute atomic E-state index is 0.223. The monoisotopic (exact) mass is 299 g/mol. The maximum absolute atomic E-state index is 12.8. The van der Waals surface area contributed by atoms with E-state index in [0.717, 1.165) is 12.8 Å². The molecule has 1 aromatic carbocycles. The Morgan fingerprint density at radius 1 is 1.14 bits per heavy atom. The fourth-order valence-corrected chi connectivity index (χ4v) is 4.22. The van der Waals surface area contributed by atoms with Crippen LogP contribution in [0, 0.1) is 23.7 Å². The van der Waals surface area contributed by atoms with Crippen LogP contribution >= 0.6 is 0 Å². The number of rotatable bonds is 4. The average molecular weight is 299 g/mol. The second-order valence-electron chi connectivity index (χ2n) is 7.80. The van der Waals surface area contributed by atoms with Gasteiger partial charge in [0.15, 0.2) is 0 Å². The molecule has 1 N–H and O–H groups in total. The number of benzene rings is 1. The highest BCUT2D eigenvalue weighted by Gasteiger charge is 2.42. The molecule has 2 aliphatic carbocycles. The molecule has 120 valence electrons. The van der Waals surface area contributed by atoms with Gasteiger partial charge in [-0.1, -0.05) is 57.5 Å². The maximum Gasteiger partial charge on any atom is 0.223 e. The fraction of sp³-hybridized carbons (Fsp3) is 0.650. The second-order valence-corrected chi connectivity index (χ2v) is 7.80. The predicted molar refractivity (Wildman–Crippen MR) is 90.6 cm³/mol. The van der Waals surface area contributed by atoms with Gasteiger partial charge in [-0.05, 0) is 42.6 Å². The predicted octanol–water partition coefficient (Wildman–Crippen LogP) is 4.37. The summed E-state index contributed by atoms with van der Waals surface area (Å²) in [6.07, 6.45) is 4.66. The molecule has 0 aromatic heterocycles. The van der Waals surface area contributed by atoms with Crippen molar-refractivity contribution >= 4 is 5.91 Å². The van der Waals surface area contributed by atoms with E-state index in [0.29, 0.717) is 35.6 Å². The Bertz CT molecular complexity index is 510. The standard InChI is InChI=1S/C20H29NO/c1-13(2)16-10-9-14(3)11-18(16)20(22)21-19-12-17(19)15-7-5-4-6-8-15/h4-8,13-14,16-19H,9-12H2,1-3H3,(H,21,22)/t14?,16?,17-,18?,19-/m0/s1. The molecule has 0 spiro atoms. The molecule has 1 amide bonds. The summed E-state index contributed by atoms with van der Waals surface area (Å²) < 4.78 is 0. The van der Waals surface area contributed by atoms with Crippen LogP contribution in [0.1, 0.15) is 57.9 Å². The summed E-state index contributed by atoms with van der Waals surface area (Å²) in [7, 11) is 0. The Balaban J connectivity index is 1.59. The van der Waals surface area contributed by atoms with E-state index in [4.69, 9.17) is 0 Å². The van der Waals surface area contributed by atoms with Gasteiger partial charge in [-0.25, -0.2) is 0 Å². The summed E-state index contributed by atoms with van der Waals surface area (Å²) in [6.45, 7) is 6.83.